The lowest BCUT2D eigenvalue weighted by Gasteiger charge is -2.16. The van der Waals surface area contributed by atoms with Gasteiger partial charge in [-0.25, -0.2) is 9.48 Å². The summed E-state index contributed by atoms with van der Waals surface area (Å²) in [7, 11) is 0. The predicted molar refractivity (Wildman–Crippen MR) is 43.8 cm³/mol. The van der Waals surface area contributed by atoms with E-state index in [4.69, 9.17) is 9.84 Å². The summed E-state index contributed by atoms with van der Waals surface area (Å²) in [6, 6.07) is 1.41. The Morgan fingerprint density at radius 1 is 1.77 bits per heavy atom. The molecule has 1 N–H and O–H groups in total. The molecule has 0 unspecified atom stereocenters. The maximum absolute atomic E-state index is 10.5. The molecular weight excluding hydrogens is 172 g/mol. The van der Waals surface area contributed by atoms with Crippen LogP contribution in [0.1, 0.15) is 10.5 Å². The summed E-state index contributed by atoms with van der Waals surface area (Å²) in [4.78, 5) is 10.5. The lowest BCUT2D eigenvalue weighted by Crippen LogP contribution is -2.17. The third kappa shape index (κ3) is 1.28. The van der Waals surface area contributed by atoms with E-state index in [1.54, 1.807) is 0 Å². The second-order valence-electron chi connectivity index (χ2n) is 2.87. The number of hydrogen-bond donors (Lipinski definition) is 1. The van der Waals surface area contributed by atoms with Crippen LogP contribution in [0.15, 0.2) is 18.2 Å². The molecule has 0 bridgehead atoms. The molecule has 0 saturated heterocycles. The fourth-order valence-electron chi connectivity index (χ4n) is 1.17. The van der Waals surface area contributed by atoms with Crippen LogP contribution in [0, 0.1) is 0 Å². The standard InChI is InChI=1S/C8H8N2O3/c1-5-3-10-7(13-4-5)2-6(9-10)8(11)12/h2H,1,3-4H2,(H,11,12). The summed E-state index contributed by atoms with van der Waals surface area (Å²) in [6.45, 7) is 4.70. The van der Waals surface area contributed by atoms with Gasteiger partial charge in [0.05, 0.1) is 6.54 Å². The van der Waals surface area contributed by atoms with E-state index in [0.29, 0.717) is 19.0 Å². The number of carboxylic acids is 1. The van der Waals surface area contributed by atoms with Gasteiger partial charge in [0.25, 0.3) is 0 Å². The van der Waals surface area contributed by atoms with Gasteiger partial charge in [-0.3, -0.25) is 0 Å². The van der Waals surface area contributed by atoms with Gasteiger partial charge in [-0.1, -0.05) is 6.58 Å². The fourth-order valence-corrected chi connectivity index (χ4v) is 1.17. The summed E-state index contributed by atoms with van der Waals surface area (Å²) >= 11 is 0. The molecule has 0 aromatic carbocycles. The normalized spacial score (nSPS) is 14.9. The van der Waals surface area contributed by atoms with Gasteiger partial charge in [0, 0.05) is 6.07 Å². The Labute approximate surface area is 74.2 Å². The summed E-state index contributed by atoms with van der Waals surface area (Å²) in [5.74, 6) is -0.555. The minimum Gasteiger partial charge on any atom is -0.476 e. The van der Waals surface area contributed by atoms with Crippen LogP contribution in [-0.4, -0.2) is 27.5 Å². The Morgan fingerprint density at radius 2 is 2.54 bits per heavy atom. The smallest absolute Gasteiger partial charge is 0.356 e. The molecule has 5 nitrogen and oxygen atoms in total. The number of carboxylic acid groups (broad SMARTS) is 1. The molecule has 0 aliphatic carbocycles. The summed E-state index contributed by atoms with van der Waals surface area (Å²) in [5, 5.41) is 12.5. The second kappa shape index (κ2) is 2.62. The first-order valence-electron chi connectivity index (χ1n) is 3.77. The highest BCUT2D eigenvalue weighted by molar-refractivity contribution is 5.85. The topological polar surface area (TPSA) is 64.3 Å². The lowest BCUT2D eigenvalue weighted by atomic mass is 10.3. The SMILES string of the molecule is C=C1COc2cc(C(=O)O)nn2C1. The molecule has 68 valence electrons. The van der Waals surface area contributed by atoms with Gasteiger partial charge in [0.1, 0.15) is 6.61 Å². The zero-order chi connectivity index (χ0) is 9.42. The van der Waals surface area contributed by atoms with Gasteiger partial charge in [-0.2, -0.15) is 5.10 Å². The molecule has 13 heavy (non-hydrogen) atoms. The van der Waals surface area contributed by atoms with Crippen molar-refractivity contribution in [2.75, 3.05) is 6.61 Å². The van der Waals surface area contributed by atoms with E-state index in [2.05, 4.69) is 11.7 Å². The van der Waals surface area contributed by atoms with Crippen LogP contribution in [-0.2, 0) is 6.54 Å². The van der Waals surface area contributed by atoms with Gasteiger partial charge in [-0.05, 0) is 5.57 Å². The number of hydrogen-bond acceptors (Lipinski definition) is 3. The van der Waals surface area contributed by atoms with Gasteiger partial charge >= 0.3 is 5.97 Å². The van der Waals surface area contributed by atoms with Crippen molar-refractivity contribution in [3.05, 3.63) is 23.9 Å². The molecule has 0 saturated carbocycles. The third-order valence-electron chi connectivity index (χ3n) is 1.76. The van der Waals surface area contributed by atoms with E-state index in [1.807, 2.05) is 0 Å². The van der Waals surface area contributed by atoms with Gasteiger partial charge < -0.3 is 9.84 Å². The molecule has 0 fully saturated rings. The van der Waals surface area contributed by atoms with Crippen molar-refractivity contribution >= 4 is 5.97 Å². The lowest BCUT2D eigenvalue weighted by molar-refractivity contribution is 0.0689. The molecule has 1 aliphatic rings. The molecule has 1 aromatic heterocycles. The van der Waals surface area contributed by atoms with Crippen LogP contribution in [0.25, 0.3) is 0 Å². The molecule has 0 radical (unpaired) electrons. The average molecular weight is 180 g/mol. The molecule has 1 aromatic rings. The molecule has 5 heteroatoms. The number of aromatic nitrogens is 2. The largest absolute Gasteiger partial charge is 0.476 e. The van der Waals surface area contributed by atoms with Crippen molar-refractivity contribution in [2.24, 2.45) is 0 Å². The van der Waals surface area contributed by atoms with E-state index in [9.17, 15) is 4.79 Å². The maximum atomic E-state index is 10.5. The monoisotopic (exact) mass is 180 g/mol. The van der Waals surface area contributed by atoms with Crippen molar-refractivity contribution in [2.45, 2.75) is 6.54 Å². The highest BCUT2D eigenvalue weighted by atomic mass is 16.5. The number of aromatic carboxylic acids is 1. The van der Waals surface area contributed by atoms with Crippen molar-refractivity contribution in [3.8, 4) is 5.88 Å². The van der Waals surface area contributed by atoms with Crippen LogP contribution in [0.3, 0.4) is 0 Å². The number of fused-ring (bicyclic) bond motifs is 1. The maximum Gasteiger partial charge on any atom is 0.356 e. The molecule has 0 amide bonds. The van der Waals surface area contributed by atoms with Crippen LogP contribution >= 0.6 is 0 Å². The van der Waals surface area contributed by atoms with Crippen LogP contribution < -0.4 is 4.74 Å². The quantitative estimate of drug-likeness (QED) is 0.640. The Hall–Kier alpha value is -1.78. The van der Waals surface area contributed by atoms with Crippen molar-refractivity contribution in [1.29, 1.82) is 0 Å². The highest BCUT2D eigenvalue weighted by Crippen LogP contribution is 2.19. The Balaban J connectivity index is 2.39. The number of nitrogens with zero attached hydrogens (tertiary/aromatic N) is 2. The molecule has 1 aliphatic heterocycles. The first kappa shape index (κ1) is 7.85. The van der Waals surface area contributed by atoms with E-state index in [-0.39, 0.29) is 5.69 Å². The predicted octanol–water partition coefficient (Wildman–Crippen LogP) is 0.530. The number of rotatable bonds is 1. The minimum atomic E-state index is -1.05. The number of ether oxygens (including phenoxy) is 1. The van der Waals surface area contributed by atoms with E-state index >= 15 is 0 Å². The van der Waals surface area contributed by atoms with Gasteiger partial charge in [0.2, 0.25) is 5.88 Å². The minimum absolute atomic E-state index is 0.00435. The summed E-state index contributed by atoms with van der Waals surface area (Å²) < 4.78 is 6.70. The van der Waals surface area contributed by atoms with E-state index in [0.717, 1.165) is 5.57 Å². The zero-order valence-electron chi connectivity index (χ0n) is 6.86. The first-order valence-corrected chi connectivity index (χ1v) is 3.77. The number of carbonyl (C=O) groups is 1. The van der Waals surface area contributed by atoms with Crippen LogP contribution in [0.4, 0.5) is 0 Å². The highest BCUT2D eigenvalue weighted by Gasteiger charge is 2.18. The average Bonchev–Trinajstić information content (AvgIpc) is 2.46. The molecular formula is C8H8N2O3. The van der Waals surface area contributed by atoms with Crippen LogP contribution in [0.2, 0.25) is 0 Å². The molecule has 0 atom stereocenters. The third-order valence-corrected chi connectivity index (χ3v) is 1.76. The Bertz CT molecular complexity index is 381. The zero-order valence-corrected chi connectivity index (χ0v) is 6.86. The first-order chi connectivity index (χ1) is 6.16. The van der Waals surface area contributed by atoms with E-state index in [1.165, 1.54) is 10.7 Å². The molecule has 0 spiro atoms. The molecule has 2 rings (SSSR count). The fraction of sp³-hybridized carbons (Fsp3) is 0.250. The Morgan fingerprint density at radius 3 is 3.23 bits per heavy atom. The van der Waals surface area contributed by atoms with E-state index < -0.39 is 5.97 Å². The second-order valence-corrected chi connectivity index (χ2v) is 2.87. The van der Waals surface area contributed by atoms with Gasteiger partial charge in [-0.15, -0.1) is 0 Å². The van der Waals surface area contributed by atoms with Crippen LogP contribution in [0.5, 0.6) is 5.88 Å². The molecule has 2 heterocycles. The van der Waals surface area contributed by atoms with Gasteiger partial charge in [0.15, 0.2) is 5.69 Å². The Kier molecular flexibility index (Phi) is 1.58. The summed E-state index contributed by atoms with van der Waals surface area (Å²) in [5.41, 5.74) is 0.886. The summed E-state index contributed by atoms with van der Waals surface area (Å²) in [6.07, 6.45) is 0. The van der Waals surface area contributed by atoms with Crippen molar-refractivity contribution in [1.82, 2.24) is 9.78 Å². The van der Waals surface area contributed by atoms with Crippen molar-refractivity contribution in [3.63, 3.8) is 0 Å². The van der Waals surface area contributed by atoms with Crippen molar-refractivity contribution < 1.29 is 14.6 Å².